The number of hydrogen-bond donors (Lipinski definition) is 3. The second-order valence-electron chi connectivity index (χ2n) is 4.67. The van der Waals surface area contributed by atoms with E-state index in [1.165, 1.54) is 18.2 Å². The van der Waals surface area contributed by atoms with Crippen molar-refractivity contribution in [2.45, 2.75) is 23.8 Å². The van der Waals surface area contributed by atoms with Crippen LogP contribution in [0.15, 0.2) is 23.1 Å². The van der Waals surface area contributed by atoms with E-state index < -0.39 is 10.0 Å². The molecular formula is C12H14ClN3O3S2. The predicted octanol–water partition coefficient (Wildman–Crippen LogP) is 0.531. The van der Waals surface area contributed by atoms with Crippen LogP contribution in [0.3, 0.4) is 0 Å². The Morgan fingerprint density at radius 3 is 2.71 bits per heavy atom. The van der Waals surface area contributed by atoms with Gasteiger partial charge in [-0.15, -0.1) is 0 Å². The molecule has 0 aliphatic carbocycles. The zero-order valence-electron chi connectivity index (χ0n) is 10.9. The summed E-state index contributed by atoms with van der Waals surface area (Å²) in [7, 11) is -3.71. The van der Waals surface area contributed by atoms with Crippen molar-refractivity contribution in [3.63, 3.8) is 0 Å². The Hall–Kier alpha value is -1.22. The first-order valence-corrected chi connectivity index (χ1v) is 8.45. The van der Waals surface area contributed by atoms with Crippen LogP contribution in [-0.4, -0.2) is 31.9 Å². The summed E-state index contributed by atoms with van der Waals surface area (Å²) in [5, 5.41) is 2.80. The maximum absolute atomic E-state index is 12.3. The van der Waals surface area contributed by atoms with Gasteiger partial charge in [-0.3, -0.25) is 4.79 Å². The highest BCUT2D eigenvalue weighted by Gasteiger charge is 2.24. The number of nitrogens with two attached hydrogens (primary N) is 1. The van der Waals surface area contributed by atoms with Crippen LogP contribution < -0.4 is 15.8 Å². The fourth-order valence-electron chi connectivity index (χ4n) is 1.98. The van der Waals surface area contributed by atoms with Crippen LogP contribution in [0.5, 0.6) is 0 Å². The Morgan fingerprint density at radius 2 is 2.19 bits per heavy atom. The molecule has 1 aromatic rings. The van der Waals surface area contributed by atoms with Gasteiger partial charge in [0.1, 0.15) is 4.99 Å². The molecule has 1 unspecified atom stereocenters. The lowest BCUT2D eigenvalue weighted by atomic mass is 10.1. The van der Waals surface area contributed by atoms with E-state index in [2.05, 4.69) is 10.0 Å². The number of hydrogen-bond acceptors (Lipinski definition) is 4. The summed E-state index contributed by atoms with van der Waals surface area (Å²) in [6, 6.07) is 3.84. The van der Waals surface area contributed by atoms with Crippen LogP contribution in [0.2, 0.25) is 5.02 Å². The van der Waals surface area contributed by atoms with E-state index in [-0.39, 0.29) is 33.4 Å². The number of thiocarbonyl (C=S) groups is 1. The molecule has 0 bridgehead atoms. The van der Waals surface area contributed by atoms with E-state index in [1.807, 2.05) is 0 Å². The van der Waals surface area contributed by atoms with Gasteiger partial charge in [0.25, 0.3) is 0 Å². The molecule has 1 saturated heterocycles. The van der Waals surface area contributed by atoms with E-state index in [0.717, 1.165) is 0 Å². The van der Waals surface area contributed by atoms with Crippen molar-refractivity contribution in [3.05, 3.63) is 28.8 Å². The third-order valence-corrected chi connectivity index (χ3v) is 5.15. The van der Waals surface area contributed by atoms with Gasteiger partial charge in [0, 0.05) is 24.6 Å². The molecule has 1 fully saturated rings. The maximum atomic E-state index is 12.3. The summed E-state index contributed by atoms with van der Waals surface area (Å²) in [4.78, 5) is 11.2. The summed E-state index contributed by atoms with van der Waals surface area (Å²) >= 11 is 10.8. The zero-order chi connectivity index (χ0) is 15.6. The van der Waals surface area contributed by atoms with Gasteiger partial charge >= 0.3 is 0 Å². The van der Waals surface area contributed by atoms with Crippen molar-refractivity contribution in [2.24, 2.45) is 5.73 Å². The van der Waals surface area contributed by atoms with E-state index in [1.54, 1.807) is 0 Å². The Balaban J connectivity index is 2.18. The molecule has 0 radical (unpaired) electrons. The molecule has 1 aliphatic heterocycles. The molecule has 2 rings (SSSR count). The molecule has 1 aromatic carbocycles. The van der Waals surface area contributed by atoms with Crippen molar-refractivity contribution in [2.75, 3.05) is 6.54 Å². The summed E-state index contributed by atoms with van der Waals surface area (Å²) in [6.45, 7) is 0.275. The molecule has 21 heavy (non-hydrogen) atoms. The Kier molecular flexibility index (Phi) is 4.82. The fourth-order valence-corrected chi connectivity index (χ4v) is 3.86. The SMILES string of the molecule is NC(=S)c1ccc(S(=O)(=O)NC2CCC(=O)NC2)cc1Cl. The largest absolute Gasteiger partial charge is 0.389 e. The third kappa shape index (κ3) is 3.91. The number of amides is 1. The number of rotatable bonds is 4. The molecule has 114 valence electrons. The standard InChI is InChI=1S/C12H14ClN3O3S2/c13-10-5-8(2-3-9(10)12(14)20)21(18,19)16-7-1-4-11(17)15-6-7/h2-3,5,7,16H,1,4,6H2,(H2,14,20)(H,15,17). The highest BCUT2D eigenvalue weighted by Crippen LogP contribution is 2.21. The average Bonchev–Trinajstić information content (AvgIpc) is 2.40. The first-order chi connectivity index (χ1) is 9.79. The van der Waals surface area contributed by atoms with Crippen LogP contribution in [0, 0.1) is 0 Å². The lowest BCUT2D eigenvalue weighted by Gasteiger charge is -2.23. The fraction of sp³-hybridized carbons (Fsp3) is 0.333. The number of carbonyl (C=O) groups is 1. The molecule has 0 saturated carbocycles. The van der Waals surface area contributed by atoms with Crippen molar-refractivity contribution in [1.29, 1.82) is 0 Å². The topological polar surface area (TPSA) is 101 Å². The van der Waals surface area contributed by atoms with Crippen LogP contribution in [0.1, 0.15) is 18.4 Å². The van der Waals surface area contributed by atoms with Gasteiger partial charge < -0.3 is 11.1 Å². The van der Waals surface area contributed by atoms with E-state index in [9.17, 15) is 13.2 Å². The van der Waals surface area contributed by atoms with E-state index in [0.29, 0.717) is 18.4 Å². The number of carbonyl (C=O) groups excluding carboxylic acids is 1. The summed E-state index contributed by atoms with van der Waals surface area (Å²) in [5.41, 5.74) is 5.90. The third-order valence-electron chi connectivity index (χ3n) is 3.10. The van der Waals surface area contributed by atoms with Crippen LogP contribution in [-0.2, 0) is 14.8 Å². The van der Waals surface area contributed by atoms with Gasteiger partial charge in [-0.1, -0.05) is 23.8 Å². The van der Waals surface area contributed by atoms with Gasteiger partial charge in [0.2, 0.25) is 15.9 Å². The maximum Gasteiger partial charge on any atom is 0.240 e. The minimum absolute atomic E-state index is 0.0319. The van der Waals surface area contributed by atoms with E-state index >= 15 is 0 Å². The monoisotopic (exact) mass is 347 g/mol. The smallest absolute Gasteiger partial charge is 0.240 e. The van der Waals surface area contributed by atoms with Crippen molar-refractivity contribution < 1.29 is 13.2 Å². The number of nitrogens with one attached hydrogen (secondary N) is 2. The molecule has 1 amide bonds. The normalized spacial score (nSPS) is 19.1. The molecule has 0 aromatic heterocycles. The van der Waals surface area contributed by atoms with Gasteiger partial charge in [0.15, 0.2) is 0 Å². The van der Waals surface area contributed by atoms with Gasteiger partial charge in [0.05, 0.1) is 9.92 Å². The van der Waals surface area contributed by atoms with Gasteiger partial charge in [-0.2, -0.15) is 0 Å². The number of halogens is 1. The number of sulfonamides is 1. The second kappa shape index (κ2) is 6.27. The Bertz CT molecular complexity index is 681. The molecular weight excluding hydrogens is 334 g/mol. The van der Waals surface area contributed by atoms with E-state index in [4.69, 9.17) is 29.6 Å². The number of benzene rings is 1. The lowest BCUT2D eigenvalue weighted by Crippen LogP contribution is -2.47. The van der Waals surface area contributed by atoms with Crippen molar-refractivity contribution in [3.8, 4) is 0 Å². The minimum atomic E-state index is -3.71. The minimum Gasteiger partial charge on any atom is -0.389 e. The highest BCUT2D eigenvalue weighted by molar-refractivity contribution is 7.89. The molecule has 1 heterocycles. The van der Waals surface area contributed by atoms with Crippen molar-refractivity contribution in [1.82, 2.24) is 10.0 Å². The Labute approximate surface area is 133 Å². The number of piperidine rings is 1. The summed E-state index contributed by atoms with van der Waals surface area (Å²) in [5.74, 6) is -0.0747. The summed E-state index contributed by atoms with van der Waals surface area (Å²) in [6.07, 6.45) is 0.762. The predicted molar refractivity (Wildman–Crippen MR) is 83.7 cm³/mol. The molecule has 0 spiro atoms. The molecule has 4 N–H and O–H groups in total. The average molecular weight is 348 g/mol. The zero-order valence-corrected chi connectivity index (χ0v) is 13.3. The first-order valence-electron chi connectivity index (χ1n) is 6.18. The summed E-state index contributed by atoms with van der Waals surface area (Å²) < 4.78 is 27.1. The second-order valence-corrected chi connectivity index (χ2v) is 7.23. The molecule has 1 atom stereocenters. The van der Waals surface area contributed by atoms with Crippen molar-refractivity contribution >= 4 is 44.7 Å². The molecule has 1 aliphatic rings. The van der Waals surface area contributed by atoms with Crippen LogP contribution in [0.4, 0.5) is 0 Å². The van der Waals surface area contributed by atoms with Crippen LogP contribution >= 0.6 is 23.8 Å². The molecule has 9 heteroatoms. The Morgan fingerprint density at radius 1 is 1.48 bits per heavy atom. The molecule has 6 nitrogen and oxygen atoms in total. The van der Waals surface area contributed by atoms with Gasteiger partial charge in [-0.05, 0) is 24.6 Å². The first kappa shape index (κ1) is 16.2. The lowest BCUT2D eigenvalue weighted by molar-refractivity contribution is -0.122. The van der Waals surface area contributed by atoms with Gasteiger partial charge in [-0.25, -0.2) is 13.1 Å². The highest BCUT2D eigenvalue weighted by atomic mass is 35.5. The van der Waals surface area contributed by atoms with Crippen LogP contribution in [0.25, 0.3) is 0 Å². The quantitative estimate of drug-likeness (QED) is 0.690.